The van der Waals surface area contributed by atoms with Crippen molar-refractivity contribution in [1.29, 1.82) is 0 Å². The van der Waals surface area contributed by atoms with E-state index in [2.05, 4.69) is 29.1 Å². The van der Waals surface area contributed by atoms with Gasteiger partial charge in [0.05, 0.1) is 4.90 Å². The molecule has 20 heavy (non-hydrogen) atoms. The molecule has 0 fully saturated rings. The van der Waals surface area contributed by atoms with E-state index in [0.29, 0.717) is 6.54 Å². The molecule has 0 amide bonds. The average Bonchev–Trinajstić information content (AvgIpc) is 2.47. The number of rotatable bonds is 5. The summed E-state index contributed by atoms with van der Waals surface area (Å²) in [4.78, 5) is 0.259. The lowest BCUT2D eigenvalue weighted by molar-refractivity contribution is 0.588. The molecule has 0 aromatic heterocycles. The van der Waals surface area contributed by atoms with E-state index >= 15 is 0 Å². The Balaban J connectivity index is 2.15. The first-order valence-electron chi connectivity index (χ1n) is 6.35. The van der Waals surface area contributed by atoms with Crippen LogP contribution in [0.25, 0.3) is 0 Å². The Labute approximate surface area is 119 Å². The number of nitrogens with one attached hydrogen (secondary N) is 2. The van der Waals surface area contributed by atoms with Gasteiger partial charge in [0.1, 0.15) is 0 Å². The van der Waals surface area contributed by atoms with Gasteiger partial charge in [0.2, 0.25) is 10.0 Å². The van der Waals surface area contributed by atoms with E-state index in [-0.39, 0.29) is 4.90 Å². The quantitative estimate of drug-likeness (QED) is 0.889. The van der Waals surface area contributed by atoms with Gasteiger partial charge in [-0.1, -0.05) is 30.3 Å². The zero-order chi connectivity index (χ0) is 14.6. The maximum atomic E-state index is 11.7. The molecule has 2 aromatic rings. The molecule has 0 radical (unpaired) electrons. The maximum absolute atomic E-state index is 11.7. The molecular weight excluding hydrogens is 272 g/mol. The van der Waals surface area contributed by atoms with Crippen LogP contribution in [0.3, 0.4) is 0 Å². The Morgan fingerprint density at radius 2 is 1.80 bits per heavy atom. The molecular formula is C15H18N2O2S. The van der Waals surface area contributed by atoms with Crippen LogP contribution in [0.2, 0.25) is 0 Å². The van der Waals surface area contributed by atoms with Crippen molar-refractivity contribution in [3.8, 4) is 0 Å². The van der Waals surface area contributed by atoms with E-state index in [1.54, 1.807) is 18.2 Å². The summed E-state index contributed by atoms with van der Waals surface area (Å²) in [5.74, 6) is 0. The highest BCUT2D eigenvalue weighted by Crippen LogP contribution is 2.16. The first-order valence-corrected chi connectivity index (χ1v) is 7.83. The fourth-order valence-electron chi connectivity index (χ4n) is 1.90. The van der Waals surface area contributed by atoms with Crippen LogP contribution >= 0.6 is 0 Å². The number of aryl methyl sites for hydroxylation is 1. The molecule has 0 unspecified atom stereocenters. The van der Waals surface area contributed by atoms with Crippen LogP contribution in [0, 0.1) is 6.92 Å². The summed E-state index contributed by atoms with van der Waals surface area (Å²) in [5.41, 5.74) is 3.18. The molecule has 106 valence electrons. The third-order valence-corrected chi connectivity index (χ3v) is 4.57. The van der Waals surface area contributed by atoms with E-state index in [1.807, 2.05) is 18.2 Å². The lowest BCUT2D eigenvalue weighted by atomic mass is 10.1. The van der Waals surface area contributed by atoms with Crippen molar-refractivity contribution in [2.24, 2.45) is 0 Å². The van der Waals surface area contributed by atoms with Crippen molar-refractivity contribution < 1.29 is 8.42 Å². The van der Waals surface area contributed by atoms with Gasteiger partial charge in [-0.25, -0.2) is 13.1 Å². The van der Waals surface area contributed by atoms with Gasteiger partial charge in [0, 0.05) is 12.2 Å². The summed E-state index contributed by atoms with van der Waals surface area (Å²) in [6.45, 7) is 2.72. The molecule has 0 aliphatic carbocycles. The second-order valence-electron chi connectivity index (χ2n) is 4.52. The van der Waals surface area contributed by atoms with Crippen molar-refractivity contribution in [2.75, 3.05) is 12.4 Å². The molecule has 0 saturated heterocycles. The third kappa shape index (κ3) is 3.37. The van der Waals surface area contributed by atoms with E-state index in [0.717, 1.165) is 5.69 Å². The molecule has 0 saturated carbocycles. The van der Waals surface area contributed by atoms with Gasteiger partial charge in [-0.15, -0.1) is 0 Å². The highest BCUT2D eigenvalue weighted by atomic mass is 32.2. The van der Waals surface area contributed by atoms with Crippen molar-refractivity contribution in [2.45, 2.75) is 18.4 Å². The highest BCUT2D eigenvalue weighted by Gasteiger charge is 2.11. The minimum Gasteiger partial charge on any atom is -0.381 e. The zero-order valence-corrected chi connectivity index (χ0v) is 12.4. The molecule has 0 bridgehead atoms. The van der Waals surface area contributed by atoms with Gasteiger partial charge in [0.15, 0.2) is 0 Å². The van der Waals surface area contributed by atoms with Crippen LogP contribution in [0.4, 0.5) is 5.69 Å². The van der Waals surface area contributed by atoms with E-state index in [9.17, 15) is 8.42 Å². The number of anilines is 1. The van der Waals surface area contributed by atoms with E-state index < -0.39 is 10.0 Å². The van der Waals surface area contributed by atoms with Gasteiger partial charge in [0.25, 0.3) is 0 Å². The van der Waals surface area contributed by atoms with Gasteiger partial charge in [-0.05, 0) is 43.3 Å². The predicted molar refractivity (Wildman–Crippen MR) is 81.2 cm³/mol. The Hall–Kier alpha value is -1.85. The molecule has 2 aromatic carbocycles. The third-order valence-electron chi connectivity index (χ3n) is 3.16. The summed E-state index contributed by atoms with van der Waals surface area (Å²) in [6, 6.07) is 14.9. The summed E-state index contributed by atoms with van der Waals surface area (Å²) in [5, 5.41) is 3.25. The normalized spacial score (nSPS) is 11.3. The molecule has 2 N–H and O–H groups in total. The largest absolute Gasteiger partial charge is 0.381 e. The Morgan fingerprint density at radius 3 is 2.50 bits per heavy atom. The van der Waals surface area contributed by atoms with Gasteiger partial charge >= 0.3 is 0 Å². The zero-order valence-electron chi connectivity index (χ0n) is 11.6. The molecule has 0 atom stereocenters. The summed E-state index contributed by atoms with van der Waals surface area (Å²) in [7, 11) is -2.00. The lowest BCUT2D eigenvalue weighted by Crippen LogP contribution is -2.18. The van der Waals surface area contributed by atoms with Crippen LogP contribution in [0.5, 0.6) is 0 Å². The van der Waals surface area contributed by atoms with Crippen molar-refractivity contribution >= 4 is 15.7 Å². The van der Waals surface area contributed by atoms with E-state index in [4.69, 9.17) is 0 Å². The molecule has 2 rings (SSSR count). The maximum Gasteiger partial charge on any atom is 0.240 e. The standard InChI is InChI=1S/C15H18N2O2S/c1-12-6-3-4-7-13(12)11-17-14-8-5-9-15(10-14)20(18,19)16-2/h3-10,16-17H,11H2,1-2H3. The SMILES string of the molecule is CNS(=O)(=O)c1cccc(NCc2ccccc2C)c1. The predicted octanol–water partition coefficient (Wildman–Crippen LogP) is 2.52. The summed E-state index contributed by atoms with van der Waals surface area (Å²) >= 11 is 0. The van der Waals surface area contributed by atoms with Crippen LogP contribution in [0.15, 0.2) is 53.4 Å². The topological polar surface area (TPSA) is 58.2 Å². The molecule has 0 aliphatic heterocycles. The summed E-state index contributed by atoms with van der Waals surface area (Å²) < 4.78 is 25.8. The Morgan fingerprint density at radius 1 is 1.05 bits per heavy atom. The Bertz CT molecular complexity index is 697. The van der Waals surface area contributed by atoms with Crippen LogP contribution in [-0.4, -0.2) is 15.5 Å². The lowest BCUT2D eigenvalue weighted by Gasteiger charge is -2.10. The number of sulfonamides is 1. The fourth-order valence-corrected chi connectivity index (χ4v) is 2.67. The number of hydrogen-bond acceptors (Lipinski definition) is 3. The van der Waals surface area contributed by atoms with Crippen LogP contribution in [-0.2, 0) is 16.6 Å². The molecule has 0 heterocycles. The minimum absolute atomic E-state index is 0.259. The smallest absolute Gasteiger partial charge is 0.240 e. The second kappa shape index (κ2) is 6.07. The number of hydrogen-bond donors (Lipinski definition) is 2. The first-order chi connectivity index (χ1) is 9.53. The van der Waals surface area contributed by atoms with Crippen LogP contribution < -0.4 is 10.0 Å². The van der Waals surface area contributed by atoms with Gasteiger partial charge < -0.3 is 5.32 Å². The minimum atomic E-state index is -3.40. The van der Waals surface area contributed by atoms with Crippen molar-refractivity contribution in [1.82, 2.24) is 4.72 Å². The van der Waals surface area contributed by atoms with Crippen molar-refractivity contribution in [3.05, 3.63) is 59.7 Å². The van der Waals surface area contributed by atoms with E-state index in [1.165, 1.54) is 18.2 Å². The van der Waals surface area contributed by atoms with Crippen LogP contribution in [0.1, 0.15) is 11.1 Å². The molecule has 0 spiro atoms. The Kier molecular flexibility index (Phi) is 4.42. The first kappa shape index (κ1) is 14.6. The molecule has 5 heteroatoms. The van der Waals surface area contributed by atoms with Gasteiger partial charge in [-0.3, -0.25) is 0 Å². The monoisotopic (exact) mass is 290 g/mol. The number of benzene rings is 2. The van der Waals surface area contributed by atoms with Crippen molar-refractivity contribution in [3.63, 3.8) is 0 Å². The van der Waals surface area contributed by atoms with Gasteiger partial charge in [-0.2, -0.15) is 0 Å². The second-order valence-corrected chi connectivity index (χ2v) is 6.40. The summed E-state index contributed by atoms with van der Waals surface area (Å²) in [6.07, 6.45) is 0. The average molecular weight is 290 g/mol. The highest BCUT2D eigenvalue weighted by molar-refractivity contribution is 7.89. The fraction of sp³-hybridized carbons (Fsp3) is 0.200. The molecule has 0 aliphatic rings. The molecule has 4 nitrogen and oxygen atoms in total.